The predicted molar refractivity (Wildman–Crippen MR) is 109 cm³/mol. The largest absolute Gasteiger partial charge is 0.490 e. The van der Waals surface area contributed by atoms with Gasteiger partial charge in [0.1, 0.15) is 12.4 Å². The molecule has 0 spiro atoms. The molecule has 0 unspecified atom stereocenters. The number of pyridine rings is 2. The van der Waals surface area contributed by atoms with Crippen molar-refractivity contribution in [2.24, 2.45) is 0 Å². The SMILES string of the molecule is CNCCOc1cnccc1-c1[nH]c2cccnc2c1-c1cccc(C(F)(F)F)c1. The molecule has 1 aromatic carbocycles. The average Bonchev–Trinajstić information content (AvgIpc) is 3.13. The molecule has 0 atom stereocenters. The van der Waals surface area contributed by atoms with Gasteiger partial charge in [0.2, 0.25) is 0 Å². The van der Waals surface area contributed by atoms with E-state index in [1.807, 2.05) is 13.1 Å². The highest BCUT2D eigenvalue weighted by Gasteiger charge is 2.31. The Hall–Kier alpha value is -3.39. The number of ether oxygens (including phenoxy) is 1. The van der Waals surface area contributed by atoms with E-state index in [1.165, 1.54) is 6.07 Å². The molecule has 0 bridgehead atoms. The van der Waals surface area contributed by atoms with Crippen LogP contribution in [0.3, 0.4) is 0 Å². The van der Waals surface area contributed by atoms with Crippen LogP contribution >= 0.6 is 0 Å². The van der Waals surface area contributed by atoms with Crippen molar-refractivity contribution in [2.75, 3.05) is 20.2 Å². The summed E-state index contributed by atoms with van der Waals surface area (Å²) < 4.78 is 45.8. The fraction of sp³-hybridized carbons (Fsp3) is 0.182. The molecular weight excluding hydrogens is 393 g/mol. The monoisotopic (exact) mass is 412 g/mol. The summed E-state index contributed by atoms with van der Waals surface area (Å²) in [6.45, 7) is 1.07. The Balaban J connectivity index is 1.92. The number of nitrogens with one attached hydrogen (secondary N) is 2. The van der Waals surface area contributed by atoms with Crippen molar-refractivity contribution in [1.82, 2.24) is 20.3 Å². The summed E-state index contributed by atoms with van der Waals surface area (Å²) >= 11 is 0. The van der Waals surface area contributed by atoms with Gasteiger partial charge >= 0.3 is 6.18 Å². The molecule has 4 rings (SSSR count). The molecule has 2 N–H and O–H groups in total. The molecule has 8 heteroatoms. The van der Waals surface area contributed by atoms with Gasteiger partial charge in [-0.15, -0.1) is 0 Å². The number of hydrogen-bond donors (Lipinski definition) is 2. The lowest BCUT2D eigenvalue weighted by atomic mass is 9.98. The van der Waals surface area contributed by atoms with Crippen LogP contribution in [0, 0.1) is 0 Å². The zero-order valence-electron chi connectivity index (χ0n) is 16.1. The number of halogens is 3. The van der Waals surface area contributed by atoms with Crippen LogP contribution in [-0.2, 0) is 6.18 Å². The number of aromatic amines is 1. The van der Waals surface area contributed by atoms with E-state index in [0.29, 0.717) is 46.8 Å². The van der Waals surface area contributed by atoms with Crippen LogP contribution in [0.2, 0.25) is 0 Å². The molecule has 0 saturated carbocycles. The Bertz CT molecular complexity index is 1170. The summed E-state index contributed by atoms with van der Waals surface area (Å²) in [6.07, 6.45) is 0.400. The summed E-state index contributed by atoms with van der Waals surface area (Å²) in [4.78, 5) is 11.9. The summed E-state index contributed by atoms with van der Waals surface area (Å²) in [5.74, 6) is 0.535. The number of aromatic nitrogens is 3. The molecule has 0 fully saturated rings. The minimum Gasteiger partial charge on any atom is -0.490 e. The van der Waals surface area contributed by atoms with Crippen LogP contribution in [0.25, 0.3) is 33.4 Å². The maximum absolute atomic E-state index is 13.3. The molecule has 3 heterocycles. The number of nitrogens with zero attached hydrogens (tertiary/aromatic N) is 2. The quantitative estimate of drug-likeness (QED) is 0.442. The highest BCUT2D eigenvalue weighted by atomic mass is 19.4. The Morgan fingerprint density at radius 2 is 1.97 bits per heavy atom. The van der Waals surface area contributed by atoms with Crippen molar-refractivity contribution in [2.45, 2.75) is 6.18 Å². The zero-order chi connectivity index (χ0) is 21.1. The summed E-state index contributed by atoms with van der Waals surface area (Å²) in [5.41, 5.74) is 2.93. The Morgan fingerprint density at radius 1 is 1.10 bits per heavy atom. The number of likely N-dealkylation sites (N-methyl/N-ethyl adjacent to an activating group) is 1. The lowest BCUT2D eigenvalue weighted by molar-refractivity contribution is -0.137. The van der Waals surface area contributed by atoms with Crippen LogP contribution in [-0.4, -0.2) is 35.2 Å². The highest BCUT2D eigenvalue weighted by molar-refractivity contribution is 6.02. The second-order valence-corrected chi connectivity index (χ2v) is 6.68. The van der Waals surface area contributed by atoms with Gasteiger partial charge in [0.25, 0.3) is 0 Å². The normalized spacial score (nSPS) is 11.7. The van der Waals surface area contributed by atoms with E-state index in [2.05, 4.69) is 20.3 Å². The molecule has 0 aliphatic heterocycles. The van der Waals surface area contributed by atoms with Gasteiger partial charge in [-0.2, -0.15) is 13.2 Å². The van der Waals surface area contributed by atoms with Crippen molar-refractivity contribution in [3.05, 3.63) is 66.6 Å². The van der Waals surface area contributed by atoms with Gasteiger partial charge in [0.05, 0.1) is 28.5 Å². The van der Waals surface area contributed by atoms with Crippen LogP contribution < -0.4 is 10.1 Å². The lowest BCUT2D eigenvalue weighted by Gasteiger charge is -2.13. The fourth-order valence-corrected chi connectivity index (χ4v) is 3.32. The standard InChI is InChI=1S/C22H19F3N4O/c1-26-10-11-30-18-13-27-9-7-16(18)20-19(21-17(29-20)6-3-8-28-21)14-4-2-5-15(12-14)22(23,24)25/h2-9,12-13,26,29H,10-11H2,1H3. The van der Waals surface area contributed by atoms with Crippen molar-refractivity contribution in [3.8, 4) is 28.1 Å². The Morgan fingerprint density at radius 3 is 2.77 bits per heavy atom. The van der Waals surface area contributed by atoms with Gasteiger partial charge in [-0.05, 0) is 42.9 Å². The van der Waals surface area contributed by atoms with Crippen molar-refractivity contribution in [3.63, 3.8) is 0 Å². The first-order valence-corrected chi connectivity index (χ1v) is 9.35. The molecule has 0 saturated heterocycles. The van der Waals surface area contributed by atoms with E-state index in [9.17, 15) is 13.2 Å². The number of fused-ring (bicyclic) bond motifs is 1. The number of rotatable bonds is 6. The Kier molecular flexibility index (Phi) is 5.41. The molecule has 0 radical (unpaired) electrons. The molecule has 0 amide bonds. The molecule has 30 heavy (non-hydrogen) atoms. The fourth-order valence-electron chi connectivity index (χ4n) is 3.32. The van der Waals surface area contributed by atoms with E-state index in [1.54, 1.807) is 36.8 Å². The summed E-state index contributed by atoms with van der Waals surface area (Å²) in [5, 5.41) is 3.01. The van der Waals surface area contributed by atoms with Crippen molar-refractivity contribution >= 4 is 11.0 Å². The first kappa shape index (κ1) is 19.9. The zero-order valence-corrected chi connectivity index (χ0v) is 16.1. The second kappa shape index (κ2) is 8.16. The van der Waals surface area contributed by atoms with Gasteiger partial charge in [0.15, 0.2) is 0 Å². The Labute approximate surface area is 170 Å². The molecule has 5 nitrogen and oxygen atoms in total. The smallest absolute Gasteiger partial charge is 0.416 e. The van der Waals surface area contributed by atoms with E-state index in [-0.39, 0.29) is 0 Å². The van der Waals surface area contributed by atoms with Crippen LogP contribution in [0.4, 0.5) is 13.2 Å². The average molecular weight is 412 g/mol. The molecule has 4 aromatic rings. The van der Waals surface area contributed by atoms with Crippen LogP contribution in [0.1, 0.15) is 5.56 Å². The summed E-state index contributed by atoms with van der Waals surface area (Å²) in [7, 11) is 1.82. The van der Waals surface area contributed by atoms with Crippen LogP contribution in [0.15, 0.2) is 61.1 Å². The minimum absolute atomic E-state index is 0.419. The molecule has 154 valence electrons. The molecule has 0 aliphatic carbocycles. The first-order chi connectivity index (χ1) is 14.5. The third kappa shape index (κ3) is 3.86. The van der Waals surface area contributed by atoms with E-state index < -0.39 is 11.7 Å². The maximum Gasteiger partial charge on any atom is 0.416 e. The topological polar surface area (TPSA) is 62.8 Å². The predicted octanol–water partition coefficient (Wildman–Crippen LogP) is 4.91. The third-order valence-corrected chi connectivity index (χ3v) is 4.70. The lowest BCUT2D eigenvalue weighted by Crippen LogP contribution is -2.16. The van der Waals surface area contributed by atoms with E-state index in [0.717, 1.165) is 17.6 Å². The van der Waals surface area contributed by atoms with E-state index in [4.69, 9.17) is 4.74 Å². The van der Waals surface area contributed by atoms with Crippen molar-refractivity contribution in [1.29, 1.82) is 0 Å². The van der Waals surface area contributed by atoms with Gasteiger partial charge in [-0.25, -0.2) is 0 Å². The van der Waals surface area contributed by atoms with Gasteiger partial charge in [-0.1, -0.05) is 12.1 Å². The first-order valence-electron chi connectivity index (χ1n) is 9.35. The van der Waals surface area contributed by atoms with Gasteiger partial charge in [-0.3, -0.25) is 9.97 Å². The molecule has 3 aromatic heterocycles. The number of alkyl halides is 3. The third-order valence-electron chi connectivity index (χ3n) is 4.70. The van der Waals surface area contributed by atoms with Gasteiger partial charge < -0.3 is 15.0 Å². The second-order valence-electron chi connectivity index (χ2n) is 6.68. The number of H-pyrrole nitrogens is 1. The van der Waals surface area contributed by atoms with Crippen molar-refractivity contribution < 1.29 is 17.9 Å². The molecule has 0 aliphatic rings. The van der Waals surface area contributed by atoms with E-state index >= 15 is 0 Å². The minimum atomic E-state index is -4.44. The van der Waals surface area contributed by atoms with Crippen LogP contribution in [0.5, 0.6) is 5.75 Å². The molecular formula is C22H19F3N4O. The maximum atomic E-state index is 13.3. The summed E-state index contributed by atoms with van der Waals surface area (Å²) in [6, 6.07) is 10.6. The highest BCUT2D eigenvalue weighted by Crippen LogP contribution is 2.42. The number of hydrogen-bond acceptors (Lipinski definition) is 4. The number of benzene rings is 1. The van der Waals surface area contributed by atoms with Gasteiger partial charge in [0, 0.05) is 30.1 Å².